The van der Waals surface area contributed by atoms with Gasteiger partial charge in [-0.1, -0.05) is 192 Å². The monoisotopic (exact) mass is 1050 g/mol. The lowest BCUT2D eigenvalue weighted by atomic mass is 9.50. The Hall–Kier alpha value is -9.71. The fourth-order valence-electron chi connectivity index (χ4n) is 11.3. The molecule has 374 valence electrons. The van der Waals surface area contributed by atoms with Gasteiger partial charge in [0, 0.05) is 32.9 Å². The highest BCUT2D eigenvalue weighted by Crippen LogP contribution is 2.39. The number of rotatable bonds is 13. The van der Waals surface area contributed by atoms with Crippen molar-refractivity contribution < 1.29 is 9.47 Å². The SMILES string of the molecule is CCOc1ccc(-c2/c(=C(\C#N)c3nc4ccccc4s3)n(B(c3ccccc3)c3ccccc3)c3cc4c(-c5ccc(OC)cc5)/c(=C(\C#N)c5nc6ccccc6s5)n(B(c5ccccc5)c5ccccc5)c4cc23)cc1. The Morgan fingerprint density at radius 2 is 0.823 bits per heavy atom. The minimum atomic E-state index is -0.442. The third-order valence-corrected chi connectivity index (χ3v) is 16.8. The Balaban J connectivity index is 1.31. The second kappa shape index (κ2) is 21.0. The van der Waals surface area contributed by atoms with Crippen LogP contribution in [-0.4, -0.2) is 46.3 Å². The average molecular weight is 1050 g/mol. The van der Waals surface area contributed by atoms with E-state index in [2.05, 4.69) is 167 Å². The summed E-state index contributed by atoms with van der Waals surface area (Å²) in [6, 6.07) is 84.7. The Bertz CT molecular complexity index is 4480. The van der Waals surface area contributed by atoms with Crippen LogP contribution in [0.2, 0.25) is 0 Å². The van der Waals surface area contributed by atoms with Gasteiger partial charge in [-0.25, -0.2) is 9.97 Å². The fourth-order valence-corrected chi connectivity index (χ4v) is 13.2. The van der Waals surface area contributed by atoms with Crippen molar-refractivity contribution in [1.29, 1.82) is 10.5 Å². The molecule has 0 saturated carbocycles. The van der Waals surface area contributed by atoms with Crippen LogP contribution in [0.15, 0.2) is 231 Å². The van der Waals surface area contributed by atoms with Crippen molar-refractivity contribution in [3.63, 3.8) is 0 Å². The third kappa shape index (κ3) is 8.74. The molecule has 4 aromatic heterocycles. The number of ether oxygens (including phenoxy) is 2. The lowest BCUT2D eigenvalue weighted by Crippen LogP contribution is -2.52. The molecule has 0 aliphatic rings. The van der Waals surface area contributed by atoms with Crippen molar-refractivity contribution in [2.75, 3.05) is 13.7 Å². The van der Waals surface area contributed by atoms with Crippen LogP contribution < -0.4 is 42.0 Å². The number of benzene rings is 9. The van der Waals surface area contributed by atoms with Crippen molar-refractivity contribution in [2.24, 2.45) is 0 Å². The maximum atomic E-state index is 11.9. The summed E-state index contributed by atoms with van der Waals surface area (Å²) in [5, 5.41) is 28.4. The maximum Gasteiger partial charge on any atom is 0.328 e. The number of aromatic nitrogens is 4. The number of hydrogen-bond donors (Lipinski definition) is 0. The number of fused-ring (bicyclic) bond motifs is 4. The molecule has 8 nitrogen and oxygen atoms in total. The van der Waals surface area contributed by atoms with Crippen molar-refractivity contribution >= 4 is 112 Å². The van der Waals surface area contributed by atoms with Gasteiger partial charge < -0.3 is 18.4 Å². The molecule has 13 rings (SSSR count). The van der Waals surface area contributed by atoms with E-state index in [4.69, 9.17) is 19.4 Å². The molecule has 0 aliphatic carbocycles. The van der Waals surface area contributed by atoms with E-state index in [-0.39, 0.29) is 0 Å². The second-order valence-corrected chi connectivity index (χ2v) is 21.2. The highest BCUT2D eigenvalue weighted by atomic mass is 32.1. The van der Waals surface area contributed by atoms with Crippen LogP contribution in [0.3, 0.4) is 0 Å². The van der Waals surface area contributed by atoms with Gasteiger partial charge in [-0.3, -0.25) is 0 Å². The van der Waals surface area contributed by atoms with Crippen LogP contribution in [0.4, 0.5) is 0 Å². The minimum absolute atomic E-state index is 0.442. The summed E-state index contributed by atoms with van der Waals surface area (Å²) in [6.07, 6.45) is 0. The zero-order valence-corrected chi connectivity index (χ0v) is 44.8. The van der Waals surface area contributed by atoms with Gasteiger partial charge in [-0.05, 0) is 78.7 Å². The van der Waals surface area contributed by atoms with E-state index in [0.29, 0.717) is 33.5 Å². The van der Waals surface area contributed by atoms with Crippen LogP contribution in [0.5, 0.6) is 11.5 Å². The average Bonchev–Trinajstić information content (AvgIpc) is 2.78. The highest BCUT2D eigenvalue weighted by Gasteiger charge is 2.34. The zero-order chi connectivity index (χ0) is 53.4. The lowest BCUT2D eigenvalue weighted by molar-refractivity contribution is 0.340. The van der Waals surface area contributed by atoms with E-state index in [1.807, 2.05) is 91.9 Å². The summed E-state index contributed by atoms with van der Waals surface area (Å²) in [4.78, 5) is 10.4. The first-order chi connectivity index (χ1) is 39.0. The molecular formula is C67H46B2N6O2S2. The summed E-state index contributed by atoms with van der Waals surface area (Å²) in [5.41, 5.74) is 11.9. The third-order valence-electron chi connectivity index (χ3n) is 14.7. The van der Waals surface area contributed by atoms with Crippen LogP contribution in [0.1, 0.15) is 16.9 Å². The quantitative estimate of drug-likeness (QED) is 0.107. The minimum Gasteiger partial charge on any atom is -0.497 e. The van der Waals surface area contributed by atoms with Crippen molar-refractivity contribution in [3.05, 3.63) is 251 Å². The molecule has 0 amide bonds. The van der Waals surface area contributed by atoms with E-state index < -0.39 is 13.7 Å². The predicted octanol–water partition coefficient (Wildman–Crippen LogP) is 11.3. The van der Waals surface area contributed by atoms with Crippen LogP contribution in [-0.2, 0) is 0 Å². The highest BCUT2D eigenvalue weighted by molar-refractivity contribution is 7.20. The van der Waals surface area contributed by atoms with Gasteiger partial charge in [-0.15, -0.1) is 22.7 Å². The van der Waals surface area contributed by atoms with E-state index in [0.717, 1.165) is 103 Å². The van der Waals surface area contributed by atoms with E-state index >= 15 is 0 Å². The van der Waals surface area contributed by atoms with Crippen LogP contribution in [0.25, 0.3) is 75.6 Å². The van der Waals surface area contributed by atoms with Gasteiger partial charge in [0.05, 0.1) is 44.8 Å². The number of hydrogen-bond acceptors (Lipinski definition) is 8. The molecule has 0 spiro atoms. The van der Waals surface area contributed by atoms with Gasteiger partial charge in [0.15, 0.2) is 0 Å². The maximum absolute atomic E-state index is 11.9. The number of para-hydroxylation sites is 2. The molecule has 9 aromatic carbocycles. The fraction of sp³-hybridized carbons (Fsp3) is 0.0448. The largest absolute Gasteiger partial charge is 0.497 e. The standard InChI is InChI=1S/C67H46B2N6O2S2/c1-3-77-51-38-34-45(35-39-51)63-53-41-58-52(40-59(53)75(69(48-24-12-6-13-25-48)49-26-14-7-15-27-49)65(63)55(43-71)67-73-57-29-17-19-31-61(57)79-67)62(44-32-36-50(76-2)37-33-44)64(54(42-70)66-72-56-28-16-18-30-60(56)78-66)74(58)68(46-20-8-4-9-21-46)47-22-10-5-11-23-47/h4-41H,3H2,1-2H3/b64-54-,65-55-. The van der Waals surface area contributed by atoms with E-state index in [1.54, 1.807) is 7.11 Å². The predicted molar refractivity (Wildman–Crippen MR) is 327 cm³/mol. The Kier molecular flexibility index (Phi) is 13.0. The Morgan fingerprint density at radius 3 is 1.16 bits per heavy atom. The molecule has 12 heteroatoms. The van der Waals surface area contributed by atoms with E-state index in [1.165, 1.54) is 22.7 Å². The lowest BCUT2D eigenvalue weighted by Gasteiger charge is -2.20. The number of thiazole rings is 2. The summed E-state index contributed by atoms with van der Waals surface area (Å²) in [6.45, 7) is 1.61. The number of nitrogens with zero attached hydrogens (tertiary/aromatic N) is 6. The number of nitriles is 2. The molecule has 0 radical (unpaired) electrons. The van der Waals surface area contributed by atoms with Gasteiger partial charge in [-0.2, -0.15) is 10.5 Å². The molecule has 0 unspecified atom stereocenters. The van der Waals surface area contributed by atoms with Crippen molar-refractivity contribution in [1.82, 2.24) is 18.9 Å². The Labute approximate surface area is 465 Å². The molecule has 0 N–H and O–H groups in total. The van der Waals surface area contributed by atoms with Crippen LogP contribution >= 0.6 is 22.7 Å². The second-order valence-electron chi connectivity index (χ2n) is 19.2. The molecular weight excluding hydrogens is 1010 g/mol. The molecule has 0 atom stereocenters. The summed E-state index contributed by atoms with van der Waals surface area (Å²) in [7, 11) is 1.67. The molecule has 0 fully saturated rings. The normalized spacial score (nSPS) is 12.1. The van der Waals surface area contributed by atoms with Crippen LogP contribution in [0, 0.1) is 22.7 Å². The van der Waals surface area contributed by atoms with Gasteiger partial charge in [0.25, 0.3) is 0 Å². The Morgan fingerprint density at radius 1 is 0.468 bits per heavy atom. The first kappa shape index (κ1) is 48.9. The first-order valence-electron chi connectivity index (χ1n) is 26.1. The molecule has 4 heterocycles. The van der Waals surface area contributed by atoms with E-state index in [9.17, 15) is 10.5 Å². The van der Waals surface area contributed by atoms with Crippen molar-refractivity contribution in [3.8, 4) is 45.9 Å². The topological polar surface area (TPSA) is 102 Å². The molecule has 13 aromatic rings. The molecule has 0 aliphatic heterocycles. The summed E-state index contributed by atoms with van der Waals surface area (Å²) in [5.74, 6) is 1.45. The van der Waals surface area contributed by atoms with Gasteiger partial charge in [0.2, 0.25) is 0 Å². The van der Waals surface area contributed by atoms with Crippen molar-refractivity contribution in [2.45, 2.75) is 6.92 Å². The first-order valence-corrected chi connectivity index (χ1v) is 27.8. The molecule has 79 heavy (non-hydrogen) atoms. The number of methoxy groups -OCH3 is 1. The smallest absolute Gasteiger partial charge is 0.328 e. The zero-order valence-electron chi connectivity index (χ0n) is 43.1. The molecule has 0 bridgehead atoms. The van der Waals surface area contributed by atoms with Gasteiger partial charge >= 0.3 is 13.7 Å². The van der Waals surface area contributed by atoms with Gasteiger partial charge in [0.1, 0.15) is 44.8 Å². The summed E-state index contributed by atoms with van der Waals surface area (Å²) >= 11 is 3.04. The summed E-state index contributed by atoms with van der Waals surface area (Å²) < 4.78 is 18.6. The molecule has 0 saturated heterocycles.